The molecule has 1 nitrogen and oxygen atoms in total. The van der Waals surface area contributed by atoms with Crippen molar-refractivity contribution in [3.8, 4) is 0 Å². The standard InChI is InChI=1S/C7H13NS2/c1-5-7(2,3)8(4)6(9)10-5/h5H,1-4H3. The van der Waals surface area contributed by atoms with E-state index in [9.17, 15) is 0 Å². The van der Waals surface area contributed by atoms with Gasteiger partial charge >= 0.3 is 0 Å². The van der Waals surface area contributed by atoms with E-state index in [-0.39, 0.29) is 5.54 Å². The van der Waals surface area contributed by atoms with E-state index in [0.29, 0.717) is 5.25 Å². The SMILES string of the molecule is CC1SC(=S)N(C)C1(C)C. The van der Waals surface area contributed by atoms with E-state index in [1.54, 1.807) is 11.8 Å². The molecule has 1 aliphatic rings. The molecule has 1 fully saturated rings. The normalized spacial score (nSPS) is 31.4. The Labute approximate surface area is 72.2 Å². The Balaban J connectivity index is 2.85. The number of nitrogens with zero attached hydrogens (tertiary/aromatic N) is 1. The lowest BCUT2D eigenvalue weighted by Gasteiger charge is -2.31. The van der Waals surface area contributed by atoms with Crippen LogP contribution in [0.5, 0.6) is 0 Å². The highest BCUT2D eigenvalue weighted by molar-refractivity contribution is 8.23. The largest absolute Gasteiger partial charge is 0.354 e. The number of hydrogen-bond donors (Lipinski definition) is 0. The Kier molecular flexibility index (Phi) is 1.98. The predicted molar refractivity (Wildman–Crippen MR) is 51.5 cm³/mol. The van der Waals surface area contributed by atoms with Crippen molar-refractivity contribution >= 4 is 28.3 Å². The van der Waals surface area contributed by atoms with Crippen LogP contribution in [0.4, 0.5) is 0 Å². The third-order valence-electron chi connectivity index (χ3n) is 2.41. The fraction of sp³-hybridized carbons (Fsp3) is 0.857. The molecule has 1 saturated heterocycles. The minimum atomic E-state index is 0.238. The monoisotopic (exact) mass is 175 g/mol. The molecule has 1 atom stereocenters. The van der Waals surface area contributed by atoms with Gasteiger partial charge in [-0.15, -0.1) is 0 Å². The maximum atomic E-state index is 5.16. The van der Waals surface area contributed by atoms with Crippen molar-refractivity contribution in [1.29, 1.82) is 0 Å². The van der Waals surface area contributed by atoms with Crippen LogP contribution in [0, 0.1) is 0 Å². The van der Waals surface area contributed by atoms with Crippen LogP contribution in [0.1, 0.15) is 20.8 Å². The van der Waals surface area contributed by atoms with Gasteiger partial charge in [-0.05, 0) is 13.8 Å². The minimum Gasteiger partial charge on any atom is -0.354 e. The van der Waals surface area contributed by atoms with E-state index in [1.807, 2.05) is 0 Å². The minimum absolute atomic E-state index is 0.238. The first-order chi connectivity index (χ1) is 4.46. The molecule has 0 aliphatic carbocycles. The summed E-state index contributed by atoms with van der Waals surface area (Å²) < 4.78 is 1.03. The zero-order valence-electron chi connectivity index (χ0n) is 6.84. The molecule has 0 aromatic heterocycles. The van der Waals surface area contributed by atoms with Gasteiger partial charge in [0.25, 0.3) is 0 Å². The lowest BCUT2D eigenvalue weighted by atomic mass is 10.0. The van der Waals surface area contributed by atoms with E-state index < -0.39 is 0 Å². The van der Waals surface area contributed by atoms with Gasteiger partial charge in [0, 0.05) is 17.8 Å². The van der Waals surface area contributed by atoms with Crippen molar-refractivity contribution in [3.63, 3.8) is 0 Å². The summed E-state index contributed by atoms with van der Waals surface area (Å²) in [6.07, 6.45) is 0. The molecular formula is C7H13NS2. The molecule has 0 bridgehead atoms. The number of thiocarbonyl (C=S) groups is 1. The molecule has 1 unspecified atom stereocenters. The Bertz CT molecular complexity index is 165. The van der Waals surface area contributed by atoms with Gasteiger partial charge in [-0.2, -0.15) is 0 Å². The van der Waals surface area contributed by atoms with Crippen LogP contribution in [0.25, 0.3) is 0 Å². The fourth-order valence-electron chi connectivity index (χ4n) is 0.882. The predicted octanol–water partition coefficient (Wildman–Crippen LogP) is 2.12. The van der Waals surface area contributed by atoms with E-state index in [4.69, 9.17) is 12.2 Å². The molecular weight excluding hydrogens is 162 g/mol. The van der Waals surface area contributed by atoms with Gasteiger partial charge in [0.05, 0.1) is 0 Å². The second kappa shape index (κ2) is 2.38. The quantitative estimate of drug-likeness (QED) is 0.519. The first-order valence-electron chi connectivity index (χ1n) is 3.40. The number of hydrogen-bond acceptors (Lipinski definition) is 2. The zero-order chi connectivity index (χ0) is 7.94. The van der Waals surface area contributed by atoms with Gasteiger partial charge in [-0.25, -0.2) is 0 Å². The summed E-state index contributed by atoms with van der Waals surface area (Å²) in [6, 6.07) is 0. The summed E-state index contributed by atoms with van der Waals surface area (Å²) in [5.74, 6) is 0. The average molecular weight is 175 g/mol. The molecule has 1 aliphatic heterocycles. The van der Waals surface area contributed by atoms with Crippen molar-refractivity contribution in [2.45, 2.75) is 31.6 Å². The van der Waals surface area contributed by atoms with E-state index in [1.165, 1.54) is 0 Å². The summed E-state index contributed by atoms with van der Waals surface area (Å²) in [4.78, 5) is 2.18. The van der Waals surface area contributed by atoms with Crippen LogP contribution in [0.3, 0.4) is 0 Å². The third-order valence-corrected chi connectivity index (χ3v) is 4.38. The Morgan fingerprint density at radius 3 is 2.20 bits per heavy atom. The molecule has 10 heavy (non-hydrogen) atoms. The summed E-state index contributed by atoms with van der Waals surface area (Å²) in [5, 5.41) is 0.616. The van der Waals surface area contributed by atoms with Gasteiger partial charge < -0.3 is 4.90 Å². The molecule has 0 aromatic carbocycles. The van der Waals surface area contributed by atoms with Crippen LogP contribution in [0.2, 0.25) is 0 Å². The summed E-state index contributed by atoms with van der Waals surface area (Å²) in [5.41, 5.74) is 0.238. The van der Waals surface area contributed by atoms with Crippen molar-refractivity contribution in [2.75, 3.05) is 7.05 Å². The first-order valence-corrected chi connectivity index (χ1v) is 4.69. The summed E-state index contributed by atoms with van der Waals surface area (Å²) >= 11 is 6.95. The summed E-state index contributed by atoms with van der Waals surface area (Å²) in [7, 11) is 2.07. The van der Waals surface area contributed by atoms with Crippen LogP contribution < -0.4 is 0 Å². The molecule has 0 N–H and O–H groups in total. The van der Waals surface area contributed by atoms with Crippen molar-refractivity contribution in [1.82, 2.24) is 4.90 Å². The first kappa shape index (κ1) is 8.34. The lowest BCUT2D eigenvalue weighted by Crippen LogP contribution is -2.42. The van der Waals surface area contributed by atoms with Gasteiger partial charge in [0.2, 0.25) is 0 Å². The highest BCUT2D eigenvalue weighted by Crippen LogP contribution is 2.37. The smallest absolute Gasteiger partial charge is 0.136 e. The second-order valence-electron chi connectivity index (χ2n) is 3.24. The van der Waals surface area contributed by atoms with Crippen LogP contribution in [0.15, 0.2) is 0 Å². The zero-order valence-corrected chi connectivity index (χ0v) is 8.47. The van der Waals surface area contributed by atoms with Gasteiger partial charge in [-0.1, -0.05) is 30.9 Å². The molecule has 58 valence electrons. The third kappa shape index (κ3) is 1.05. The topological polar surface area (TPSA) is 3.24 Å². The maximum absolute atomic E-state index is 5.16. The Morgan fingerprint density at radius 2 is 2.10 bits per heavy atom. The average Bonchev–Trinajstić information content (AvgIpc) is 1.97. The van der Waals surface area contributed by atoms with Crippen molar-refractivity contribution < 1.29 is 0 Å². The molecule has 0 saturated carbocycles. The molecule has 0 spiro atoms. The van der Waals surface area contributed by atoms with Gasteiger partial charge in [0.15, 0.2) is 0 Å². The molecule has 0 aromatic rings. The lowest BCUT2D eigenvalue weighted by molar-refractivity contribution is 0.274. The molecule has 1 heterocycles. The number of thioether (sulfide) groups is 1. The number of rotatable bonds is 0. The Hall–Kier alpha value is 0.240. The highest BCUT2D eigenvalue weighted by Gasteiger charge is 2.39. The molecule has 3 heteroatoms. The molecule has 1 rings (SSSR count). The molecule has 0 radical (unpaired) electrons. The van der Waals surface area contributed by atoms with Crippen LogP contribution in [-0.2, 0) is 0 Å². The fourth-order valence-corrected chi connectivity index (χ4v) is 2.69. The van der Waals surface area contributed by atoms with Gasteiger partial charge in [-0.3, -0.25) is 0 Å². The Morgan fingerprint density at radius 1 is 1.60 bits per heavy atom. The van der Waals surface area contributed by atoms with Crippen LogP contribution in [-0.4, -0.2) is 27.1 Å². The second-order valence-corrected chi connectivity index (χ2v) is 5.21. The van der Waals surface area contributed by atoms with Crippen molar-refractivity contribution in [3.05, 3.63) is 0 Å². The highest BCUT2D eigenvalue weighted by atomic mass is 32.2. The maximum Gasteiger partial charge on any atom is 0.136 e. The van der Waals surface area contributed by atoms with E-state index in [2.05, 4.69) is 32.7 Å². The summed E-state index contributed by atoms with van der Waals surface area (Å²) in [6.45, 7) is 6.68. The van der Waals surface area contributed by atoms with Gasteiger partial charge in [0.1, 0.15) is 4.32 Å². The van der Waals surface area contributed by atoms with E-state index in [0.717, 1.165) is 4.32 Å². The van der Waals surface area contributed by atoms with Crippen LogP contribution >= 0.6 is 24.0 Å². The van der Waals surface area contributed by atoms with E-state index >= 15 is 0 Å². The van der Waals surface area contributed by atoms with Crippen molar-refractivity contribution in [2.24, 2.45) is 0 Å². The molecule has 0 amide bonds.